The van der Waals surface area contributed by atoms with Crippen molar-refractivity contribution in [1.29, 1.82) is 0 Å². The molecule has 1 amide bonds. The summed E-state index contributed by atoms with van der Waals surface area (Å²) in [5, 5.41) is 6.68. The first-order valence-electron chi connectivity index (χ1n) is 9.84. The number of hydrogen-bond donors (Lipinski definition) is 1. The number of halogens is 3. The molecule has 1 N–H and O–H groups in total. The topological polar surface area (TPSA) is 71.3 Å². The highest BCUT2D eigenvalue weighted by Gasteiger charge is 2.30. The average Bonchev–Trinajstić information content (AvgIpc) is 3.18. The molecule has 1 heterocycles. The normalized spacial score (nSPS) is 11.7. The third-order valence-corrected chi connectivity index (χ3v) is 4.60. The van der Waals surface area contributed by atoms with Gasteiger partial charge in [0.2, 0.25) is 17.6 Å². The van der Waals surface area contributed by atoms with Crippen molar-refractivity contribution in [3.05, 3.63) is 65.5 Å². The number of rotatable bonds is 8. The van der Waals surface area contributed by atoms with Crippen LogP contribution in [0.5, 0.6) is 0 Å². The molecule has 31 heavy (non-hydrogen) atoms. The molecule has 0 atom stereocenters. The Labute approximate surface area is 178 Å². The lowest BCUT2D eigenvalue weighted by Gasteiger charge is -2.19. The van der Waals surface area contributed by atoms with E-state index in [4.69, 9.17) is 4.52 Å². The van der Waals surface area contributed by atoms with E-state index in [1.807, 2.05) is 43.0 Å². The number of carbonyl (C=O) groups is 1. The van der Waals surface area contributed by atoms with Gasteiger partial charge in [0.1, 0.15) is 0 Å². The number of aryl methyl sites for hydroxylation is 1. The second-order valence-electron chi connectivity index (χ2n) is 7.16. The summed E-state index contributed by atoms with van der Waals surface area (Å²) in [5.41, 5.74) is 1.13. The Hall–Kier alpha value is -3.20. The number of nitrogens with one attached hydrogen (secondary N) is 1. The number of benzene rings is 2. The first kappa shape index (κ1) is 22.5. The van der Waals surface area contributed by atoms with Gasteiger partial charge in [-0.3, -0.25) is 9.69 Å². The number of anilines is 1. The summed E-state index contributed by atoms with van der Waals surface area (Å²) in [5.74, 6) is 0.117. The zero-order valence-corrected chi connectivity index (χ0v) is 17.2. The summed E-state index contributed by atoms with van der Waals surface area (Å²) in [6, 6.07) is 12.2. The summed E-state index contributed by atoms with van der Waals surface area (Å²) in [6.07, 6.45) is -3.66. The molecule has 3 rings (SSSR count). The molecule has 0 bridgehead atoms. The molecule has 0 radical (unpaired) electrons. The van der Waals surface area contributed by atoms with Gasteiger partial charge >= 0.3 is 6.18 Å². The minimum absolute atomic E-state index is 0.0712. The lowest BCUT2D eigenvalue weighted by molar-refractivity contribution is -0.137. The Morgan fingerprint density at radius 1 is 1.16 bits per heavy atom. The Morgan fingerprint density at radius 3 is 2.65 bits per heavy atom. The van der Waals surface area contributed by atoms with Crippen molar-refractivity contribution in [2.24, 2.45) is 0 Å². The van der Waals surface area contributed by atoms with E-state index in [2.05, 4.69) is 15.5 Å². The van der Waals surface area contributed by atoms with Gasteiger partial charge in [-0.2, -0.15) is 18.2 Å². The van der Waals surface area contributed by atoms with E-state index >= 15 is 0 Å². The van der Waals surface area contributed by atoms with Crippen molar-refractivity contribution >= 4 is 11.6 Å². The van der Waals surface area contributed by atoms with Crippen molar-refractivity contribution in [1.82, 2.24) is 15.0 Å². The highest BCUT2D eigenvalue weighted by molar-refractivity contribution is 5.92. The zero-order valence-electron chi connectivity index (χ0n) is 17.2. The number of carbonyl (C=O) groups excluding carboxylic acids is 1. The molecule has 0 spiro atoms. The quantitative estimate of drug-likeness (QED) is 0.547. The Balaban J connectivity index is 1.68. The van der Waals surface area contributed by atoms with Gasteiger partial charge in [0.15, 0.2) is 0 Å². The van der Waals surface area contributed by atoms with Crippen LogP contribution in [0, 0.1) is 6.92 Å². The number of para-hydroxylation sites is 1. The van der Waals surface area contributed by atoms with E-state index < -0.39 is 11.7 Å². The highest BCUT2D eigenvalue weighted by atomic mass is 19.4. The molecule has 1 aromatic heterocycles. The van der Waals surface area contributed by atoms with Crippen molar-refractivity contribution < 1.29 is 22.5 Å². The number of aromatic nitrogens is 2. The Bertz CT molecular complexity index is 1030. The molecule has 0 saturated heterocycles. The number of amides is 1. The van der Waals surface area contributed by atoms with Crippen LogP contribution in [0.4, 0.5) is 18.9 Å². The van der Waals surface area contributed by atoms with Crippen LogP contribution >= 0.6 is 0 Å². The summed E-state index contributed by atoms with van der Waals surface area (Å²) in [4.78, 5) is 18.5. The monoisotopic (exact) mass is 432 g/mol. The van der Waals surface area contributed by atoms with Gasteiger partial charge in [-0.25, -0.2) is 0 Å². The fraction of sp³-hybridized carbons (Fsp3) is 0.318. The van der Waals surface area contributed by atoms with E-state index in [1.165, 1.54) is 12.1 Å². The largest absolute Gasteiger partial charge is 0.416 e. The van der Waals surface area contributed by atoms with Gasteiger partial charge in [-0.15, -0.1) is 0 Å². The molecule has 9 heteroatoms. The molecule has 6 nitrogen and oxygen atoms in total. The Kier molecular flexibility index (Phi) is 7.06. The first-order valence-corrected chi connectivity index (χ1v) is 9.84. The lowest BCUT2D eigenvalue weighted by atomic mass is 10.1. The molecule has 0 aliphatic carbocycles. The van der Waals surface area contributed by atoms with Gasteiger partial charge in [-0.1, -0.05) is 42.4 Å². The van der Waals surface area contributed by atoms with Crippen molar-refractivity contribution in [3.63, 3.8) is 0 Å². The molecule has 164 valence electrons. The summed E-state index contributed by atoms with van der Waals surface area (Å²) < 4.78 is 44.0. The van der Waals surface area contributed by atoms with E-state index in [1.54, 1.807) is 0 Å². The van der Waals surface area contributed by atoms with Crippen LogP contribution < -0.4 is 5.32 Å². The second kappa shape index (κ2) is 9.74. The minimum Gasteiger partial charge on any atom is -0.338 e. The number of alkyl halides is 3. The van der Waals surface area contributed by atoms with Gasteiger partial charge in [0.25, 0.3) is 0 Å². The molecular weight excluding hydrogens is 409 g/mol. The van der Waals surface area contributed by atoms with Crippen LogP contribution in [0.1, 0.15) is 30.4 Å². The van der Waals surface area contributed by atoms with Crippen molar-refractivity contribution in [2.45, 2.75) is 33.0 Å². The third-order valence-electron chi connectivity index (χ3n) is 4.60. The predicted molar refractivity (Wildman–Crippen MR) is 110 cm³/mol. The predicted octanol–water partition coefficient (Wildman–Crippen LogP) is 4.91. The smallest absolute Gasteiger partial charge is 0.338 e. The minimum atomic E-state index is -4.45. The fourth-order valence-electron chi connectivity index (χ4n) is 3.10. The zero-order chi connectivity index (χ0) is 22.4. The second-order valence-corrected chi connectivity index (χ2v) is 7.16. The maximum atomic E-state index is 12.9. The highest BCUT2D eigenvalue weighted by Crippen LogP contribution is 2.31. The molecule has 2 aromatic carbocycles. The Morgan fingerprint density at radius 2 is 1.94 bits per heavy atom. The van der Waals surface area contributed by atoms with E-state index in [0.29, 0.717) is 6.54 Å². The molecule has 0 unspecified atom stereocenters. The SMILES string of the molecule is CCCN(CC(=O)Nc1ccccc1C)Cc1nc(-c2cccc(C(F)(F)F)c2)no1. The van der Waals surface area contributed by atoms with Crippen molar-refractivity contribution in [3.8, 4) is 11.4 Å². The first-order chi connectivity index (χ1) is 14.8. The van der Waals surface area contributed by atoms with Crippen LogP contribution in [0.25, 0.3) is 11.4 Å². The van der Waals surface area contributed by atoms with Gasteiger partial charge in [0.05, 0.1) is 18.7 Å². The standard InChI is InChI=1S/C22H23F3N4O2/c1-3-11-29(13-19(30)26-18-10-5-4-7-15(18)2)14-20-27-21(28-31-20)16-8-6-9-17(12-16)22(23,24)25/h4-10,12H,3,11,13-14H2,1-2H3,(H,26,30). The molecule has 3 aromatic rings. The molecule has 0 aliphatic rings. The summed E-state index contributed by atoms with van der Waals surface area (Å²) in [7, 11) is 0. The van der Waals surface area contributed by atoms with E-state index in [9.17, 15) is 18.0 Å². The summed E-state index contributed by atoms with van der Waals surface area (Å²) in [6.45, 7) is 4.83. The van der Waals surface area contributed by atoms with Crippen molar-refractivity contribution in [2.75, 3.05) is 18.4 Å². The number of hydrogen-bond acceptors (Lipinski definition) is 5. The molecular formula is C22H23F3N4O2. The van der Waals surface area contributed by atoms with Crippen LogP contribution in [0.2, 0.25) is 0 Å². The lowest BCUT2D eigenvalue weighted by Crippen LogP contribution is -2.33. The van der Waals surface area contributed by atoms with Gasteiger partial charge in [-0.05, 0) is 43.7 Å². The fourth-order valence-corrected chi connectivity index (χ4v) is 3.10. The molecule has 0 saturated carbocycles. The molecule has 0 aliphatic heterocycles. The third kappa shape index (κ3) is 6.14. The maximum Gasteiger partial charge on any atom is 0.416 e. The number of nitrogens with zero attached hydrogens (tertiary/aromatic N) is 3. The van der Waals surface area contributed by atoms with Gasteiger partial charge < -0.3 is 9.84 Å². The van der Waals surface area contributed by atoms with Crippen LogP contribution in [-0.4, -0.2) is 34.0 Å². The van der Waals surface area contributed by atoms with Crippen LogP contribution in [-0.2, 0) is 17.5 Å². The maximum absolute atomic E-state index is 12.9. The van der Waals surface area contributed by atoms with Crippen LogP contribution in [0.3, 0.4) is 0 Å². The van der Waals surface area contributed by atoms with E-state index in [0.717, 1.165) is 29.8 Å². The van der Waals surface area contributed by atoms with E-state index in [-0.39, 0.29) is 36.3 Å². The average molecular weight is 432 g/mol. The molecule has 0 fully saturated rings. The summed E-state index contributed by atoms with van der Waals surface area (Å²) >= 11 is 0. The van der Waals surface area contributed by atoms with Gasteiger partial charge in [0, 0.05) is 11.3 Å². The van der Waals surface area contributed by atoms with Crippen LogP contribution in [0.15, 0.2) is 53.1 Å².